The third kappa shape index (κ3) is 2.06. The summed E-state index contributed by atoms with van der Waals surface area (Å²) in [5.74, 6) is 0.503. The fourth-order valence-corrected chi connectivity index (χ4v) is 2.44. The minimum absolute atomic E-state index is 0.00119. The molecular weight excluding hydrogens is 250 g/mol. The fourth-order valence-electron chi connectivity index (χ4n) is 2.25. The minimum atomic E-state index is -0.288. The van der Waals surface area contributed by atoms with E-state index in [4.69, 9.17) is 22.1 Å². The average Bonchev–Trinajstić information content (AvgIpc) is 2.65. The first-order valence-electron chi connectivity index (χ1n) is 5.87. The van der Waals surface area contributed by atoms with Crippen LogP contribution in [0.25, 0.3) is 0 Å². The van der Waals surface area contributed by atoms with Gasteiger partial charge in [0.05, 0.1) is 18.2 Å². The summed E-state index contributed by atoms with van der Waals surface area (Å²) in [4.78, 5) is 6.34. The summed E-state index contributed by atoms with van der Waals surface area (Å²) in [6.07, 6.45) is 0.00119. The third-order valence-electron chi connectivity index (χ3n) is 3.60. The Morgan fingerprint density at radius 1 is 1.56 bits per heavy atom. The van der Waals surface area contributed by atoms with E-state index in [1.807, 2.05) is 36.1 Å². The Morgan fingerprint density at radius 2 is 2.28 bits per heavy atom. The van der Waals surface area contributed by atoms with Gasteiger partial charge in [0.2, 0.25) is 0 Å². The Hall–Kier alpha value is -1.26. The van der Waals surface area contributed by atoms with E-state index in [1.165, 1.54) is 0 Å². The van der Waals surface area contributed by atoms with Crippen LogP contribution < -0.4 is 10.6 Å². The lowest BCUT2D eigenvalue weighted by Gasteiger charge is -2.40. The molecule has 98 valence electrons. The highest BCUT2D eigenvalue weighted by Gasteiger charge is 2.43. The maximum Gasteiger partial charge on any atom is 0.196 e. The summed E-state index contributed by atoms with van der Waals surface area (Å²) in [6.45, 7) is 4.72. The van der Waals surface area contributed by atoms with Crippen molar-refractivity contribution in [1.29, 1.82) is 0 Å². The monoisotopic (exact) mass is 267 g/mol. The number of guanidine groups is 1. The summed E-state index contributed by atoms with van der Waals surface area (Å²) >= 11 is 6.04. The molecule has 1 aromatic carbocycles. The molecule has 0 saturated heterocycles. The van der Waals surface area contributed by atoms with Crippen molar-refractivity contribution in [3.05, 3.63) is 29.3 Å². The molecular formula is C13H18ClN3O. The molecule has 18 heavy (non-hydrogen) atoms. The summed E-state index contributed by atoms with van der Waals surface area (Å²) in [5, 5.41) is 0.680. The van der Waals surface area contributed by atoms with Crippen molar-refractivity contribution in [2.75, 3.05) is 18.6 Å². The Labute approximate surface area is 112 Å². The summed E-state index contributed by atoms with van der Waals surface area (Å²) in [7, 11) is 1.70. The smallest absolute Gasteiger partial charge is 0.196 e. The normalized spacial score (nSPS) is 25.1. The third-order valence-corrected chi connectivity index (χ3v) is 3.83. The van der Waals surface area contributed by atoms with Gasteiger partial charge in [-0.2, -0.15) is 0 Å². The van der Waals surface area contributed by atoms with Crippen LogP contribution in [-0.4, -0.2) is 31.3 Å². The highest BCUT2D eigenvalue weighted by atomic mass is 35.5. The molecule has 0 aromatic heterocycles. The first kappa shape index (κ1) is 13.2. The maximum absolute atomic E-state index is 6.04. The van der Waals surface area contributed by atoms with E-state index < -0.39 is 0 Å². The quantitative estimate of drug-likeness (QED) is 0.914. The molecule has 1 aromatic rings. The predicted octanol–water partition coefficient (Wildman–Crippen LogP) is 2.27. The SMILES string of the molecule is COC(C)C1(C)CN=C(N)N1c1cccc(Cl)c1. The molecule has 5 heteroatoms. The highest BCUT2D eigenvalue weighted by Crippen LogP contribution is 2.33. The number of halogens is 1. The number of nitrogens with two attached hydrogens (primary N) is 1. The van der Waals surface area contributed by atoms with E-state index in [1.54, 1.807) is 7.11 Å². The molecule has 0 fully saturated rings. The first-order chi connectivity index (χ1) is 8.49. The molecule has 0 amide bonds. The molecule has 1 aliphatic rings. The van der Waals surface area contributed by atoms with Gasteiger partial charge in [0.15, 0.2) is 5.96 Å². The molecule has 2 atom stereocenters. The molecule has 2 N–H and O–H groups in total. The maximum atomic E-state index is 6.04. The van der Waals surface area contributed by atoms with Crippen LogP contribution in [0.5, 0.6) is 0 Å². The van der Waals surface area contributed by atoms with Gasteiger partial charge in [0, 0.05) is 17.8 Å². The van der Waals surface area contributed by atoms with Gasteiger partial charge in [-0.05, 0) is 32.0 Å². The largest absolute Gasteiger partial charge is 0.379 e. The molecule has 4 nitrogen and oxygen atoms in total. The lowest BCUT2D eigenvalue weighted by Crippen LogP contribution is -2.56. The van der Waals surface area contributed by atoms with Crippen molar-refractivity contribution >= 4 is 23.2 Å². The Kier molecular flexibility index (Phi) is 3.50. The van der Waals surface area contributed by atoms with Crippen molar-refractivity contribution in [3.8, 4) is 0 Å². The minimum Gasteiger partial charge on any atom is -0.379 e. The van der Waals surface area contributed by atoms with Crippen molar-refractivity contribution in [1.82, 2.24) is 0 Å². The fraction of sp³-hybridized carbons (Fsp3) is 0.462. The van der Waals surface area contributed by atoms with E-state index in [0.29, 0.717) is 17.5 Å². The van der Waals surface area contributed by atoms with Crippen molar-refractivity contribution in [2.24, 2.45) is 10.7 Å². The van der Waals surface area contributed by atoms with Crippen molar-refractivity contribution in [2.45, 2.75) is 25.5 Å². The number of rotatable bonds is 3. The number of aliphatic imine (C=N–C) groups is 1. The molecule has 2 unspecified atom stereocenters. The molecule has 0 spiro atoms. The van der Waals surface area contributed by atoms with Crippen LogP contribution in [0.15, 0.2) is 29.3 Å². The molecule has 0 radical (unpaired) electrons. The standard InChI is InChI=1S/C13H18ClN3O/c1-9(18-3)13(2)8-16-12(15)17(13)11-6-4-5-10(14)7-11/h4-7,9H,8H2,1-3H3,(H2,15,16). The first-order valence-corrected chi connectivity index (χ1v) is 6.25. The number of methoxy groups -OCH3 is 1. The van der Waals surface area contributed by atoms with Gasteiger partial charge in [-0.15, -0.1) is 0 Å². The second kappa shape index (κ2) is 4.78. The van der Waals surface area contributed by atoms with Crippen LogP contribution in [-0.2, 0) is 4.74 Å². The average molecular weight is 268 g/mol. The van der Waals surface area contributed by atoms with E-state index in [9.17, 15) is 0 Å². The molecule has 0 aliphatic carbocycles. The number of hydrogen-bond donors (Lipinski definition) is 1. The van der Waals surface area contributed by atoms with Gasteiger partial charge >= 0.3 is 0 Å². The zero-order valence-electron chi connectivity index (χ0n) is 10.9. The Balaban J connectivity index is 2.42. The van der Waals surface area contributed by atoms with Gasteiger partial charge in [-0.25, -0.2) is 0 Å². The van der Waals surface area contributed by atoms with Crippen LogP contribution in [0, 0.1) is 0 Å². The topological polar surface area (TPSA) is 50.9 Å². The zero-order chi connectivity index (χ0) is 13.3. The van der Waals surface area contributed by atoms with Gasteiger partial charge in [0.25, 0.3) is 0 Å². The lowest BCUT2D eigenvalue weighted by atomic mass is 9.94. The lowest BCUT2D eigenvalue weighted by molar-refractivity contribution is 0.0645. The molecule has 0 bridgehead atoms. The highest BCUT2D eigenvalue weighted by molar-refractivity contribution is 6.31. The van der Waals surface area contributed by atoms with E-state index in [-0.39, 0.29) is 11.6 Å². The van der Waals surface area contributed by atoms with Crippen LogP contribution in [0.1, 0.15) is 13.8 Å². The zero-order valence-corrected chi connectivity index (χ0v) is 11.6. The van der Waals surface area contributed by atoms with Crippen LogP contribution >= 0.6 is 11.6 Å². The van der Waals surface area contributed by atoms with Gasteiger partial charge in [-0.3, -0.25) is 4.99 Å². The van der Waals surface area contributed by atoms with Gasteiger partial charge < -0.3 is 15.4 Å². The van der Waals surface area contributed by atoms with Crippen molar-refractivity contribution in [3.63, 3.8) is 0 Å². The summed E-state index contributed by atoms with van der Waals surface area (Å²) < 4.78 is 5.46. The van der Waals surface area contributed by atoms with Gasteiger partial charge in [-0.1, -0.05) is 17.7 Å². The Bertz CT molecular complexity index is 477. The predicted molar refractivity (Wildman–Crippen MR) is 75.3 cm³/mol. The van der Waals surface area contributed by atoms with E-state index in [0.717, 1.165) is 5.69 Å². The number of anilines is 1. The number of nitrogens with zero attached hydrogens (tertiary/aromatic N) is 2. The number of hydrogen-bond acceptors (Lipinski definition) is 4. The van der Waals surface area contributed by atoms with Gasteiger partial charge in [0.1, 0.15) is 0 Å². The van der Waals surface area contributed by atoms with E-state index >= 15 is 0 Å². The summed E-state index contributed by atoms with van der Waals surface area (Å²) in [6, 6.07) is 7.60. The number of benzene rings is 1. The second-order valence-corrected chi connectivity index (χ2v) is 5.16. The van der Waals surface area contributed by atoms with Crippen LogP contribution in [0.2, 0.25) is 5.02 Å². The van der Waals surface area contributed by atoms with Crippen molar-refractivity contribution < 1.29 is 4.74 Å². The molecule has 2 rings (SSSR count). The number of ether oxygens (including phenoxy) is 1. The van der Waals surface area contributed by atoms with Crippen LogP contribution in [0.4, 0.5) is 5.69 Å². The molecule has 0 saturated carbocycles. The second-order valence-electron chi connectivity index (χ2n) is 4.72. The van der Waals surface area contributed by atoms with Crippen LogP contribution in [0.3, 0.4) is 0 Å². The molecule has 1 aliphatic heterocycles. The summed E-state index contributed by atoms with van der Waals surface area (Å²) in [5.41, 5.74) is 6.66. The molecule has 1 heterocycles. The Morgan fingerprint density at radius 3 is 2.89 bits per heavy atom. The van der Waals surface area contributed by atoms with E-state index in [2.05, 4.69) is 11.9 Å².